The molecule has 34 heavy (non-hydrogen) atoms. The van der Waals surface area contributed by atoms with E-state index in [1.54, 1.807) is 18.2 Å². The number of carboxylic acid groups (broad SMARTS) is 2. The lowest BCUT2D eigenvalue weighted by molar-refractivity contribution is -0.146. The highest BCUT2D eigenvalue weighted by Crippen LogP contribution is 2.41. The summed E-state index contributed by atoms with van der Waals surface area (Å²) in [4.78, 5) is 23.8. The number of hydrogen-bond donors (Lipinski definition) is 3. The van der Waals surface area contributed by atoms with Gasteiger partial charge in [-0.1, -0.05) is 101 Å². The van der Waals surface area contributed by atoms with Crippen LogP contribution in [0.2, 0.25) is 0 Å². The van der Waals surface area contributed by atoms with E-state index >= 15 is 0 Å². The molecular weight excluding hydrogens is 448 g/mol. The van der Waals surface area contributed by atoms with Crippen molar-refractivity contribution in [2.75, 3.05) is 0 Å². The average Bonchev–Trinajstić information content (AvgIpc) is 2.83. The second-order valence-corrected chi connectivity index (χ2v) is 9.94. The lowest BCUT2D eigenvalue weighted by Gasteiger charge is -2.23. The van der Waals surface area contributed by atoms with E-state index < -0.39 is 23.3 Å². The number of carbonyl (C=O) groups is 2. The van der Waals surface area contributed by atoms with Crippen LogP contribution >= 0.6 is 11.8 Å². The number of benzene rings is 2. The Hall–Kier alpha value is -2.31. The van der Waals surface area contributed by atoms with E-state index in [2.05, 4.69) is 6.92 Å². The van der Waals surface area contributed by atoms with Gasteiger partial charge >= 0.3 is 11.9 Å². The van der Waals surface area contributed by atoms with Crippen molar-refractivity contribution < 1.29 is 24.9 Å². The fourth-order valence-electron chi connectivity index (χ4n) is 4.15. The summed E-state index contributed by atoms with van der Waals surface area (Å²) >= 11 is 1.09. The third-order valence-corrected chi connectivity index (χ3v) is 7.45. The Labute approximate surface area is 207 Å². The monoisotopic (exact) mass is 486 g/mol. The zero-order valence-electron chi connectivity index (χ0n) is 20.1. The summed E-state index contributed by atoms with van der Waals surface area (Å²) < 4.78 is 0. The fraction of sp³-hybridized carbons (Fsp3) is 0.500. The molecule has 0 saturated heterocycles. The molecule has 0 aliphatic carbocycles. The second kappa shape index (κ2) is 15.6. The van der Waals surface area contributed by atoms with Gasteiger partial charge in [0.2, 0.25) is 0 Å². The van der Waals surface area contributed by atoms with Gasteiger partial charge in [-0.05, 0) is 36.1 Å². The highest BCUT2D eigenvalue weighted by atomic mass is 32.2. The van der Waals surface area contributed by atoms with Gasteiger partial charge in [0.25, 0.3) is 0 Å². The van der Waals surface area contributed by atoms with Gasteiger partial charge in [0.15, 0.2) is 6.10 Å². The first kappa shape index (κ1) is 27.9. The number of aliphatic hydroxyl groups excluding tert-OH is 1. The SMILES string of the molecule is CCCCCCCCCCCCc1ccccc1C(Sc1ccccc1C(=O)O)C(O)C(=O)O. The van der Waals surface area contributed by atoms with Crippen LogP contribution in [0.25, 0.3) is 0 Å². The molecule has 0 bridgehead atoms. The minimum Gasteiger partial charge on any atom is -0.479 e. The van der Waals surface area contributed by atoms with Crippen LogP contribution in [-0.2, 0) is 11.2 Å². The predicted octanol–water partition coefficient (Wildman–Crippen LogP) is 7.13. The quantitative estimate of drug-likeness (QED) is 0.163. The summed E-state index contributed by atoms with van der Waals surface area (Å²) in [7, 11) is 0. The average molecular weight is 487 g/mol. The van der Waals surface area contributed by atoms with Gasteiger partial charge in [0.1, 0.15) is 0 Å². The number of aliphatic hydroxyl groups is 1. The first-order valence-electron chi connectivity index (χ1n) is 12.4. The summed E-state index contributed by atoms with van der Waals surface area (Å²) in [6, 6.07) is 14.1. The molecule has 0 aromatic heterocycles. The fourth-order valence-corrected chi connectivity index (χ4v) is 5.47. The van der Waals surface area contributed by atoms with Gasteiger partial charge in [0.05, 0.1) is 10.8 Å². The Balaban J connectivity index is 2.02. The zero-order valence-corrected chi connectivity index (χ0v) is 20.9. The molecule has 0 heterocycles. The van der Waals surface area contributed by atoms with E-state index in [0.717, 1.165) is 42.2 Å². The summed E-state index contributed by atoms with van der Waals surface area (Å²) in [6.07, 6.45) is 11.6. The molecule has 186 valence electrons. The predicted molar refractivity (Wildman–Crippen MR) is 138 cm³/mol. The molecule has 2 atom stereocenters. The number of thioether (sulfide) groups is 1. The third kappa shape index (κ3) is 9.15. The Morgan fingerprint density at radius 1 is 0.794 bits per heavy atom. The molecule has 6 heteroatoms. The number of unbranched alkanes of at least 4 members (excludes halogenated alkanes) is 9. The summed E-state index contributed by atoms with van der Waals surface area (Å²) in [6.45, 7) is 2.23. The van der Waals surface area contributed by atoms with Crippen molar-refractivity contribution in [3.8, 4) is 0 Å². The van der Waals surface area contributed by atoms with E-state index in [1.807, 2.05) is 24.3 Å². The lowest BCUT2D eigenvalue weighted by Crippen LogP contribution is -2.26. The molecule has 2 aromatic carbocycles. The van der Waals surface area contributed by atoms with Crippen molar-refractivity contribution in [1.29, 1.82) is 0 Å². The maximum atomic E-state index is 11.7. The van der Waals surface area contributed by atoms with Gasteiger partial charge in [0, 0.05) is 4.90 Å². The van der Waals surface area contributed by atoms with E-state index in [1.165, 1.54) is 57.4 Å². The topological polar surface area (TPSA) is 94.8 Å². The number of carboxylic acids is 2. The number of rotatable bonds is 17. The molecule has 5 nitrogen and oxygen atoms in total. The standard InChI is InChI=1S/C28H38O5S/c1-2-3-4-5-6-7-8-9-10-11-16-21-17-12-13-18-22(21)26(25(29)28(32)33)34-24-20-15-14-19-23(24)27(30)31/h12-15,17-20,25-26,29H,2-11,16H2,1H3,(H,30,31)(H,32,33). The summed E-state index contributed by atoms with van der Waals surface area (Å²) in [5.41, 5.74) is 1.86. The molecule has 2 aromatic rings. The molecule has 0 saturated carbocycles. The molecule has 0 fully saturated rings. The van der Waals surface area contributed by atoms with Crippen LogP contribution in [0.4, 0.5) is 0 Å². The highest BCUT2D eigenvalue weighted by Gasteiger charge is 2.31. The van der Waals surface area contributed by atoms with Gasteiger partial charge in [-0.2, -0.15) is 0 Å². The summed E-state index contributed by atoms with van der Waals surface area (Å²) in [5, 5.41) is 28.8. The summed E-state index contributed by atoms with van der Waals surface area (Å²) in [5.74, 6) is -2.40. The van der Waals surface area contributed by atoms with Crippen LogP contribution in [0.1, 0.15) is 97.9 Å². The molecule has 0 aliphatic rings. The minimum atomic E-state index is -1.65. The molecule has 2 rings (SSSR count). The van der Waals surface area contributed by atoms with Crippen molar-refractivity contribution in [3.63, 3.8) is 0 Å². The number of aliphatic carboxylic acids is 1. The normalized spacial score (nSPS) is 12.9. The van der Waals surface area contributed by atoms with Crippen LogP contribution < -0.4 is 0 Å². The van der Waals surface area contributed by atoms with Gasteiger partial charge < -0.3 is 15.3 Å². The van der Waals surface area contributed by atoms with Gasteiger partial charge in [-0.25, -0.2) is 9.59 Å². The molecule has 0 amide bonds. The van der Waals surface area contributed by atoms with Crippen LogP contribution in [0.3, 0.4) is 0 Å². The van der Waals surface area contributed by atoms with E-state index in [0.29, 0.717) is 4.90 Å². The zero-order chi connectivity index (χ0) is 24.8. The van der Waals surface area contributed by atoms with Crippen molar-refractivity contribution >= 4 is 23.7 Å². The molecule has 2 unspecified atom stereocenters. The first-order valence-corrected chi connectivity index (χ1v) is 13.3. The van der Waals surface area contributed by atoms with Gasteiger partial charge in [-0.3, -0.25) is 0 Å². The minimum absolute atomic E-state index is 0.0993. The first-order chi connectivity index (χ1) is 16.5. The number of hydrogen-bond acceptors (Lipinski definition) is 4. The lowest BCUT2D eigenvalue weighted by atomic mass is 9.96. The van der Waals surface area contributed by atoms with Crippen molar-refractivity contribution in [3.05, 3.63) is 65.2 Å². The van der Waals surface area contributed by atoms with Crippen LogP contribution in [0.15, 0.2) is 53.4 Å². The molecule has 3 N–H and O–H groups in total. The van der Waals surface area contributed by atoms with Crippen LogP contribution in [-0.4, -0.2) is 33.4 Å². The third-order valence-electron chi connectivity index (χ3n) is 6.07. The Kier molecular flexibility index (Phi) is 12.8. The maximum Gasteiger partial charge on any atom is 0.336 e. The maximum absolute atomic E-state index is 11.7. The number of aromatic carboxylic acids is 1. The molecule has 0 spiro atoms. The largest absolute Gasteiger partial charge is 0.479 e. The van der Waals surface area contributed by atoms with Crippen molar-refractivity contribution in [2.24, 2.45) is 0 Å². The Bertz CT molecular complexity index is 898. The van der Waals surface area contributed by atoms with Crippen LogP contribution in [0.5, 0.6) is 0 Å². The van der Waals surface area contributed by atoms with Crippen molar-refractivity contribution in [2.45, 2.75) is 93.8 Å². The van der Waals surface area contributed by atoms with Crippen LogP contribution in [0, 0.1) is 0 Å². The Morgan fingerprint density at radius 2 is 1.35 bits per heavy atom. The Morgan fingerprint density at radius 3 is 1.97 bits per heavy atom. The van der Waals surface area contributed by atoms with E-state index in [-0.39, 0.29) is 5.56 Å². The van der Waals surface area contributed by atoms with E-state index in [9.17, 15) is 24.9 Å². The smallest absolute Gasteiger partial charge is 0.336 e. The molecule has 0 radical (unpaired) electrons. The number of aryl methyl sites for hydroxylation is 1. The van der Waals surface area contributed by atoms with Crippen molar-refractivity contribution in [1.82, 2.24) is 0 Å². The highest BCUT2D eigenvalue weighted by molar-refractivity contribution is 7.99. The molecule has 0 aliphatic heterocycles. The molecular formula is C28H38O5S. The second-order valence-electron chi connectivity index (χ2n) is 8.75. The van der Waals surface area contributed by atoms with Gasteiger partial charge in [-0.15, -0.1) is 11.8 Å². The van der Waals surface area contributed by atoms with E-state index in [4.69, 9.17) is 0 Å².